The van der Waals surface area contributed by atoms with E-state index in [4.69, 9.17) is 0 Å². The highest BCUT2D eigenvalue weighted by Crippen LogP contribution is 2.32. The van der Waals surface area contributed by atoms with Crippen LogP contribution in [0.1, 0.15) is 26.3 Å². The van der Waals surface area contributed by atoms with E-state index < -0.39 is 0 Å². The van der Waals surface area contributed by atoms with Crippen LogP contribution in [0.5, 0.6) is 0 Å². The maximum atomic E-state index is 2.30. The molecule has 0 spiro atoms. The van der Waals surface area contributed by atoms with Crippen molar-refractivity contribution in [2.45, 2.75) is 40.9 Å². The number of benzene rings is 3. The zero-order chi connectivity index (χ0) is 16.3. The molecule has 0 aliphatic carbocycles. The van der Waals surface area contributed by atoms with Crippen molar-refractivity contribution >= 4 is 10.9 Å². The van der Waals surface area contributed by atoms with Crippen LogP contribution in [0.25, 0.3) is 0 Å². The lowest BCUT2D eigenvalue weighted by Crippen LogP contribution is -2.11. The number of rotatable bonds is 3. The lowest BCUT2D eigenvalue weighted by Gasteiger charge is -2.19. The molecule has 0 saturated heterocycles. The first-order chi connectivity index (χ1) is 11.1. The summed E-state index contributed by atoms with van der Waals surface area (Å²) in [6.07, 6.45) is 0. The molecule has 0 heterocycles. The average Bonchev–Trinajstić information content (AvgIpc) is 2.57. The first-order valence-electron chi connectivity index (χ1n) is 8.01. The molecule has 24 heavy (non-hydrogen) atoms. The number of hydrogen-bond donors (Lipinski definition) is 0. The SMILES string of the molecule is CC(C)(C)c1ccc([S+](c2ccccc2)c2ccccc2)cc1.[OH-]. The molecule has 3 aromatic rings. The molecule has 2 heteroatoms. The Morgan fingerprint density at radius 1 is 0.542 bits per heavy atom. The van der Waals surface area contributed by atoms with E-state index in [0.717, 1.165) is 0 Å². The Balaban J connectivity index is 0.00000208. The third kappa shape index (κ3) is 4.08. The van der Waals surface area contributed by atoms with E-state index in [0.29, 0.717) is 0 Å². The van der Waals surface area contributed by atoms with E-state index in [1.165, 1.54) is 20.2 Å². The van der Waals surface area contributed by atoms with Gasteiger partial charge in [0.1, 0.15) is 0 Å². The second-order valence-corrected chi connectivity index (χ2v) is 8.73. The van der Waals surface area contributed by atoms with Gasteiger partial charge in [0.05, 0.1) is 10.9 Å². The van der Waals surface area contributed by atoms with E-state index >= 15 is 0 Å². The molecule has 0 amide bonds. The zero-order valence-corrected chi connectivity index (χ0v) is 15.3. The quantitative estimate of drug-likeness (QED) is 0.547. The molecule has 1 N–H and O–H groups in total. The smallest absolute Gasteiger partial charge is 0.166 e. The molecule has 3 aromatic carbocycles. The molecule has 0 unspecified atom stereocenters. The summed E-state index contributed by atoms with van der Waals surface area (Å²) in [7, 11) is -0.0497. The second kappa shape index (κ2) is 7.69. The minimum Gasteiger partial charge on any atom is -0.870 e. The average molecular weight is 336 g/mol. The molecule has 0 fully saturated rings. The third-order valence-electron chi connectivity index (χ3n) is 3.91. The van der Waals surface area contributed by atoms with Gasteiger partial charge in [0.25, 0.3) is 0 Å². The first kappa shape index (κ1) is 18.3. The monoisotopic (exact) mass is 336 g/mol. The van der Waals surface area contributed by atoms with Crippen LogP contribution in [0.4, 0.5) is 0 Å². The fourth-order valence-corrected chi connectivity index (χ4v) is 4.70. The van der Waals surface area contributed by atoms with Gasteiger partial charge in [0.15, 0.2) is 14.7 Å². The Kier molecular flexibility index (Phi) is 5.87. The highest BCUT2D eigenvalue weighted by atomic mass is 32.2. The van der Waals surface area contributed by atoms with Crippen molar-refractivity contribution in [2.24, 2.45) is 0 Å². The molecular weight excluding hydrogens is 312 g/mol. The van der Waals surface area contributed by atoms with Gasteiger partial charge in [-0.2, -0.15) is 0 Å². The lowest BCUT2D eigenvalue weighted by atomic mass is 9.87. The predicted octanol–water partition coefficient (Wildman–Crippen LogP) is 5.90. The highest BCUT2D eigenvalue weighted by molar-refractivity contribution is 7.97. The standard InChI is InChI=1S/C22H23S.H2O/c1-22(2,3)18-14-16-21(17-15-18)23(19-10-6-4-7-11-19)20-12-8-5-9-13-20;/h4-17H,1-3H3;1H2/q+1;/p-1. The van der Waals surface area contributed by atoms with Crippen LogP contribution in [0.3, 0.4) is 0 Å². The van der Waals surface area contributed by atoms with Crippen molar-refractivity contribution in [3.63, 3.8) is 0 Å². The van der Waals surface area contributed by atoms with Crippen molar-refractivity contribution in [3.05, 3.63) is 90.5 Å². The van der Waals surface area contributed by atoms with Crippen LogP contribution in [-0.4, -0.2) is 5.48 Å². The van der Waals surface area contributed by atoms with Crippen LogP contribution in [0.2, 0.25) is 0 Å². The third-order valence-corrected chi connectivity index (χ3v) is 6.14. The molecule has 124 valence electrons. The molecule has 0 atom stereocenters. The lowest BCUT2D eigenvalue weighted by molar-refractivity contribution is 0.589. The summed E-state index contributed by atoms with van der Waals surface area (Å²) in [5.74, 6) is 0. The van der Waals surface area contributed by atoms with Gasteiger partial charge in [-0.25, -0.2) is 0 Å². The van der Waals surface area contributed by atoms with E-state index in [1.54, 1.807) is 0 Å². The van der Waals surface area contributed by atoms with Gasteiger partial charge in [0.2, 0.25) is 0 Å². The molecule has 1 nitrogen and oxygen atoms in total. The summed E-state index contributed by atoms with van der Waals surface area (Å²) in [6, 6.07) is 30.7. The van der Waals surface area contributed by atoms with Gasteiger partial charge in [0, 0.05) is 0 Å². The molecule has 0 saturated carbocycles. The Hall–Kier alpha value is -2.03. The molecular formula is C22H24OS. The Labute approximate surface area is 148 Å². The molecule has 0 aromatic heterocycles. The van der Waals surface area contributed by atoms with Gasteiger partial charge in [-0.3, -0.25) is 0 Å². The molecule has 0 bridgehead atoms. The van der Waals surface area contributed by atoms with Crippen molar-refractivity contribution in [3.8, 4) is 0 Å². The summed E-state index contributed by atoms with van der Waals surface area (Å²) in [5.41, 5.74) is 1.57. The Bertz CT molecular complexity index is 704. The van der Waals surface area contributed by atoms with Gasteiger partial charge < -0.3 is 5.48 Å². The van der Waals surface area contributed by atoms with Crippen LogP contribution in [0, 0.1) is 0 Å². The van der Waals surface area contributed by atoms with E-state index in [-0.39, 0.29) is 21.8 Å². The summed E-state index contributed by atoms with van der Waals surface area (Å²) in [4.78, 5) is 4.10. The zero-order valence-electron chi connectivity index (χ0n) is 14.4. The molecule has 0 aliphatic heterocycles. The second-order valence-electron chi connectivity index (χ2n) is 6.71. The van der Waals surface area contributed by atoms with Gasteiger partial charge >= 0.3 is 0 Å². The van der Waals surface area contributed by atoms with Crippen molar-refractivity contribution in [2.75, 3.05) is 0 Å². The maximum Gasteiger partial charge on any atom is 0.166 e. The van der Waals surface area contributed by atoms with Gasteiger partial charge in [-0.1, -0.05) is 69.3 Å². The summed E-state index contributed by atoms with van der Waals surface area (Å²) in [6.45, 7) is 6.78. The summed E-state index contributed by atoms with van der Waals surface area (Å²) in [5, 5.41) is 0. The van der Waals surface area contributed by atoms with Crippen molar-refractivity contribution in [1.29, 1.82) is 0 Å². The normalized spacial score (nSPS) is 11.2. The fraction of sp³-hybridized carbons (Fsp3) is 0.182. The van der Waals surface area contributed by atoms with Crippen molar-refractivity contribution in [1.82, 2.24) is 0 Å². The Morgan fingerprint density at radius 2 is 0.917 bits per heavy atom. The van der Waals surface area contributed by atoms with E-state index in [9.17, 15) is 0 Å². The summed E-state index contributed by atoms with van der Waals surface area (Å²) < 4.78 is 0. The molecule has 0 radical (unpaired) electrons. The van der Waals surface area contributed by atoms with Gasteiger partial charge in [-0.05, 0) is 47.4 Å². The van der Waals surface area contributed by atoms with Crippen LogP contribution >= 0.6 is 0 Å². The predicted molar refractivity (Wildman–Crippen MR) is 102 cm³/mol. The molecule has 3 rings (SSSR count). The van der Waals surface area contributed by atoms with Crippen LogP contribution in [0.15, 0.2) is 99.6 Å². The summed E-state index contributed by atoms with van der Waals surface area (Å²) >= 11 is 0. The molecule has 0 aliphatic rings. The van der Waals surface area contributed by atoms with E-state index in [2.05, 4.69) is 106 Å². The van der Waals surface area contributed by atoms with Crippen LogP contribution < -0.4 is 0 Å². The van der Waals surface area contributed by atoms with Crippen molar-refractivity contribution < 1.29 is 5.48 Å². The Morgan fingerprint density at radius 3 is 1.29 bits per heavy atom. The number of hydrogen-bond acceptors (Lipinski definition) is 1. The largest absolute Gasteiger partial charge is 0.870 e. The maximum absolute atomic E-state index is 2.30. The van der Waals surface area contributed by atoms with E-state index in [1.807, 2.05) is 0 Å². The van der Waals surface area contributed by atoms with Gasteiger partial charge in [-0.15, -0.1) is 0 Å². The fourth-order valence-electron chi connectivity index (χ4n) is 2.61. The highest BCUT2D eigenvalue weighted by Gasteiger charge is 2.28. The minimum absolute atomic E-state index is 0. The minimum atomic E-state index is -0.0497. The topological polar surface area (TPSA) is 30.0 Å². The van der Waals surface area contributed by atoms with Crippen LogP contribution in [-0.2, 0) is 16.3 Å². The first-order valence-corrected chi connectivity index (χ1v) is 9.23.